The normalized spacial score (nSPS) is 17.4. The maximum absolute atomic E-state index is 12.1. The first-order valence-electron chi connectivity index (χ1n) is 10.8. The average Bonchev–Trinajstić information content (AvgIpc) is 2.72. The molecule has 3 rings (SSSR count). The molecule has 0 aliphatic carbocycles. The SMILES string of the molecule is CCN1c2ccc(/C=N/NC(=O)COc3cccc(N(C)C)c3)cc2C(C)CC1(C)C. The Morgan fingerprint density at radius 1 is 1.29 bits per heavy atom. The summed E-state index contributed by atoms with van der Waals surface area (Å²) in [7, 11) is 3.92. The number of carbonyl (C=O) groups excluding carboxylic acids is 1. The van der Waals surface area contributed by atoms with Crippen LogP contribution in [0.4, 0.5) is 11.4 Å². The van der Waals surface area contributed by atoms with E-state index < -0.39 is 0 Å². The molecule has 1 atom stereocenters. The minimum absolute atomic E-state index is 0.0873. The molecule has 2 aromatic carbocycles. The fourth-order valence-corrected chi connectivity index (χ4v) is 4.40. The number of nitrogens with one attached hydrogen (secondary N) is 1. The molecule has 1 amide bonds. The van der Waals surface area contributed by atoms with E-state index in [2.05, 4.69) is 61.3 Å². The molecule has 0 fully saturated rings. The number of amides is 1. The Bertz CT molecular complexity index is 952. The molecule has 0 radical (unpaired) electrons. The Morgan fingerprint density at radius 2 is 2.06 bits per heavy atom. The van der Waals surface area contributed by atoms with Crippen LogP contribution in [0.5, 0.6) is 5.75 Å². The van der Waals surface area contributed by atoms with E-state index in [-0.39, 0.29) is 18.1 Å². The molecule has 1 N–H and O–H groups in total. The fourth-order valence-electron chi connectivity index (χ4n) is 4.40. The molecule has 6 nitrogen and oxygen atoms in total. The Kier molecular flexibility index (Phi) is 6.88. The quantitative estimate of drug-likeness (QED) is 0.531. The highest BCUT2D eigenvalue weighted by Gasteiger charge is 2.35. The van der Waals surface area contributed by atoms with E-state index in [1.807, 2.05) is 43.3 Å². The van der Waals surface area contributed by atoms with Gasteiger partial charge < -0.3 is 14.5 Å². The van der Waals surface area contributed by atoms with Crippen LogP contribution in [-0.4, -0.2) is 44.9 Å². The third-order valence-corrected chi connectivity index (χ3v) is 5.83. The second-order valence-corrected chi connectivity index (χ2v) is 8.95. The van der Waals surface area contributed by atoms with E-state index in [0.717, 1.165) is 24.2 Å². The number of rotatable bonds is 7. The van der Waals surface area contributed by atoms with Crippen molar-refractivity contribution in [1.82, 2.24) is 5.43 Å². The second-order valence-electron chi connectivity index (χ2n) is 8.95. The van der Waals surface area contributed by atoms with Crippen LogP contribution in [0.3, 0.4) is 0 Å². The van der Waals surface area contributed by atoms with Gasteiger partial charge in [-0.25, -0.2) is 5.43 Å². The van der Waals surface area contributed by atoms with Gasteiger partial charge in [0.25, 0.3) is 5.91 Å². The number of fused-ring (bicyclic) bond motifs is 1. The molecule has 0 saturated carbocycles. The molecular formula is C25H34N4O2. The van der Waals surface area contributed by atoms with Gasteiger partial charge in [-0.15, -0.1) is 0 Å². The van der Waals surface area contributed by atoms with Gasteiger partial charge in [-0.2, -0.15) is 5.10 Å². The summed E-state index contributed by atoms with van der Waals surface area (Å²) in [5.41, 5.74) is 7.31. The molecule has 31 heavy (non-hydrogen) atoms. The fraction of sp³-hybridized carbons (Fsp3) is 0.440. The Balaban J connectivity index is 1.59. The van der Waals surface area contributed by atoms with Crippen LogP contribution in [-0.2, 0) is 4.79 Å². The van der Waals surface area contributed by atoms with E-state index in [1.54, 1.807) is 6.21 Å². The lowest BCUT2D eigenvalue weighted by molar-refractivity contribution is -0.123. The highest BCUT2D eigenvalue weighted by Crippen LogP contribution is 2.43. The van der Waals surface area contributed by atoms with Crippen LogP contribution in [0.15, 0.2) is 47.6 Å². The standard InChI is InChI=1S/C25H34N4O2/c1-7-29-23-12-11-19(13-22(23)18(2)15-25(29,3)4)16-26-27-24(30)17-31-21-10-8-9-20(14-21)28(5)6/h8-14,16,18H,7,15,17H2,1-6H3,(H,27,30)/b26-16+. The lowest BCUT2D eigenvalue weighted by Crippen LogP contribution is -2.48. The monoisotopic (exact) mass is 422 g/mol. The molecular weight excluding hydrogens is 388 g/mol. The number of hydrazone groups is 1. The molecule has 1 heterocycles. The maximum atomic E-state index is 12.1. The van der Waals surface area contributed by atoms with Gasteiger partial charge in [0.15, 0.2) is 6.61 Å². The van der Waals surface area contributed by atoms with Crippen LogP contribution in [0.25, 0.3) is 0 Å². The predicted octanol–water partition coefficient (Wildman–Crippen LogP) is 4.39. The molecule has 1 unspecified atom stereocenters. The highest BCUT2D eigenvalue weighted by atomic mass is 16.5. The van der Waals surface area contributed by atoms with Crippen molar-refractivity contribution in [2.45, 2.75) is 45.6 Å². The summed E-state index contributed by atoms with van der Waals surface area (Å²) in [5.74, 6) is 0.830. The van der Waals surface area contributed by atoms with E-state index in [1.165, 1.54) is 11.3 Å². The summed E-state index contributed by atoms with van der Waals surface area (Å²) in [6, 6.07) is 14.0. The van der Waals surface area contributed by atoms with Crippen molar-refractivity contribution in [3.05, 3.63) is 53.6 Å². The molecule has 0 bridgehead atoms. The van der Waals surface area contributed by atoms with Crippen LogP contribution >= 0.6 is 0 Å². The predicted molar refractivity (Wildman–Crippen MR) is 129 cm³/mol. The first-order chi connectivity index (χ1) is 14.7. The Hall–Kier alpha value is -3.02. The molecule has 0 saturated heterocycles. The second kappa shape index (κ2) is 9.41. The largest absolute Gasteiger partial charge is 0.484 e. The lowest BCUT2D eigenvalue weighted by atomic mass is 9.79. The Labute approximate surface area is 185 Å². The third-order valence-electron chi connectivity index (χ3n) is 5.83. The van der Waals surface area contributed by atoms with Crippen molar-refractivity contribution in [3.8, 4) is 5.75 Å². The van der Waals surface area contributed by atoms with Crippen molar-refractivity contribution in [2.75, 3.05) is 37.0 Å². The number of hydrogen-bond donors (Lipinski definition) is 1. The van der Waals surface area contributed by atoms with E-state index >= 15 is 0 Å². The van der Waals surface area contributed by atoms with Crippen molar-refractivity contribution >= 4 is 23.5 Å². The smallest absolute Gasteiger partial charge is 0.277 e. The zero-order chi connectivity index (χ0) is 22.6. The minimum Gasteiger partial charge on any atom is -0.484 e. The third kappa shape index (κ3) is 5.37. The molecule has 2 aromatic rings. The van der Waals surface area contributed by atoms with Crippen molar-refractivity contribution in [1.29, 1.82) is 0 Å². The number of ether oxygens (including phenoxy) is 1. The number of carbonyl (C=O) groups is 1. The van der Waals surface area contributed by atoms with Gasteiger partial charge in [0.2, 0.25) is 0 Å². The number of benzene rings is 2. The van der Waals surface area contributed by atoms with E-state index in [9.17, 15) is 4.79 Å². The number of hydrogen-bond acceptors (Lipinski definition) is 5. The van der Waals surface area contributed by atoms with Crippen molar-refractivity contribution < 1.29 is 9.53 Å². The van der Waals surface area contributed by atoms with Crippen LogP contribution in [0, 0.1) is 0 Å². The summed E-state index contributed by atoms with van der Waals surface area (Å²) in [5, 5.41) is 4.11. The molecule has 1 aliphatic heterocycles. The van der Waals surface area contributed by atoms with Gasteiger partial charge in [-0.05, 0) is 68.5 Å². The van der Waals surface area contributed by atoms with Gasteiger partial charge in [-0.1, -0.05) is 19.1 Å². The van der Waals surface area contributed by atoms with E-state index in [4.69, 9.17) is 4.74 Å². The van der Waals surface area contributed by atoms with Crippen molar-refractivity contribution in [2.24, 2.45) is 5.10 Å². The van der Waals surface area contributed by atoms with Gasteiger partial charge in [0, 0.05) is 43.6 Å². The Morgan fingerprint density at radius 3 is 2.77 bits per heavy atom. The van der Waals surface area contributed by atoms with E-state index in [0.29, 0.717) is 11.7 Å². The zero-order valence-corrected chi connectivity index (χ0v) is 19.5. The number of anilines is 2. The maximum Gasteiger partial charge on any atom is 0.277 e. The summed E-state index contributed by atoms with van der Waals surface area (Å²) < 4.78 is 5.58. The first kappa shape index (κ1) is 22.7. The lowest BCUT2D eigenvalue weighted by Gasteiger charge is -2.47. The molecule has 1 aliphatic rings. The molecule has 0 spiro atoms. The number of nitrogens with zero attached hydrogens (tertiary/aromatic N) is 3. The van der Waals surface area contributed by atoms with Gasteiger partial charge in [-0.3, -0.25) is 4.79 Å². The first-order valence-corrected chi connectivity index (χ1v) is 10.8. The van der Waals surface area contributed by atoms with Gasteiger partial charge >= 0.3 is 0 Å². The van der Waals surface area contributed by atoms with Crippen LogP contribution in [0.1, 0.15) is 51.2 Å². The van der Waals surface area contributed by atoms with Gasteiger partial charge in [0.05, 0.1) is 6.21 Å². The summed E-state index contributed by atoms with van der Waals surface area (Å²) in [6.07, 6.45) is 2.80. The van der Waals surface area contributed by atoms with Crippen LogP contribution < -0.4 is 20.0 Å². The van der Waals surface area contributed by atoms with Gasteiger partial charge in [0.1, 0.15) is 5.75 Å². The highest BCUT2D eigenvalue weighted by molar-refractivity contribution is 5.84. The summed E-state index contributed by atoms with van der Waals surface area (Å²) in [6.45, 7) is 9.98. The summed E-state index contributed by atoms with van der Waals surface area (Å²) in [4.78, 5) is 16.5. The minimum atomic E-state index is -0.295. The average molecular weight is 423 g/mol. The summed E-state index contributed by atoms with van der Waals surface area (Å²) >= 11 is 0. The van der Waals surface area contributed by atoms with Crippen LogP contribution in [0.2, 0.25) is 0 Å². The molecule has 6 heteroatoms. The zero-order valence-electron chi connectivity index (χ0n) is 19.5. The molecule has 166 valence electrons. The van der Waals surface area contributed by atoms with Crippen molar-refractivity contribution in [3.63, 3.8) is 0 Å². The topological polar surface area (TPSA) is 57.2 Å². The molecule has 0 aromatic heterocycles.